The van der Waals surface area contributed by atoms with Gasteiger partial charge in [0.05, 0.1) is 11.2 Å². The molecule has 1 fully saturated rings. The molecule has 2 aromatic carbocycles. The average Bonchev–Trinajstić information content (AvgIpc) is 3.04. The van der Waals surface area contributed by atoms with Crippen LogP contribution in [0.4, 0.5) is 0 Å². The van der Waals surface area contributed by atoms with Crippen LogP contribution in [0.15, 0.2) is 48.5 Å². The van der Waals surface area contributed by atoms with Crippen molar-refractivity contribution in [3.05, 3.63) is 59.7 Å². The molecule has 0 spiro atoms. The maximum absolute atomic E-state index is 12.8. The van der Waals surface area contributed by atoms with Crippen molar-refractivity contribution in [1.29, 1.82) is 0 Å². The van der Waals surface area contributed by atoms with Gasteiger partial charge in [0.25, 0.3) is 5.91 Å². The number of para-hydroxylation sites is 1. The number of aromatic nitrogens is 1. The van der Waals surface area contributed by atoms with Crippen LogP contribution < -0.4 is 5.32 Å². The van der Waals surface area contributed by atoms with E-state index in [1.165, 1.54) is 4.90 Å². The molecule has 29 heavy (non-hydrogen) atoms. The van der Waals surface area contributed by atoms with Crippen LogP contribution in [0.1, 0.15) is 28.8 Å². The molecule has 2 aliphatic heterocycles. The van der Waals surface area contributed by atoms with Gasteiger partial charge in [0, 0.05) is 35.5 Å². The Labute approximate surface area is 166 Å². The first-order valence-electron chi connectivity index (χ1n) is 9.38. The Morgan fingerprint density at radius 2 is 1.90 bits per heavy atom. The normalized spacial score (nSPS) is 18.8. The lowest BCUT2D eigenvalue weighted by Crippen LogP contribution is -2.52. The first-order valence-corrected chi connectivity index (χ1v) is 9.38. The number of amides is 3. The summed E-state index contributed by atoms with van der Waals surface area (Å²) >= 11 is 0. The Bertz CT molecular complexity index is 1200. The third-order valence-corrected chi connectivity index (χ3v) is 5.51. The molecule has 1 aromatic heterocycles. The summed E-state index contributed by atoms with van der Waals surface area (Å²) < 4.78 is 0. The average molecular weight is 387 g/mol. The van der Waals surface area contributed by atoms with Crippen molar-refractivity contribution in [3.63, 3.8) is 0 Å². The minimum absolute atomic E-state index is 0.146. The molecule has 1 atom stereocenters. The molecular formula is C22H17N3O4. The summed E-state index contributed by atoms with van der Waals surface area (Å²) in [5.41, 5.74) is 3.41. The molecule has 5 rings (SSSR count). The second kappa shape index (κ2) is 6.41. The van der Waals surface area contributed by atoms with Crippen LogP contribution in [0.2, 0.25) is 0 Å². The van der Waals surface area contributed by atoms with Crippen molar-refractivity contribution in [2.24, 2.45) is 0 Å². The number of pyridine rings is 1. The summed E-state index contributed by atoms with van der Waals surface area (Å²) in [4.78, 5) is 42.5. The molecule has 0 bridgehead atoms. The summed E-state index contributed by atoms with van der Waals surface area (Å²) in [6.07, 6.45) is 0.555. The first-order chi connectivity index (χ1) is 14.0. The number of nitrogens with zero attached hydrogens (tertiary/aromatic N) is 2. The number of hydrogen-bond acceptors (Lipinski definition) is 5. The second-order valence-corrected chi connectivity index (χ2v) is 7.32. The molecule has 2 N–H and O–H groups in total. The molecular weight excluding hydrogens is 370 g/mol. The molecule has 7 heteroatoms. The van der Waals surface area contributed by atoms with Gasteiger partial charge in [-0.2, -0.15) is 0 Å². The smallest absolute Gasteiger partial charge is 0.255 e. The van der Waals surface area contributed by atoms with E-state index in [0.717, 1.165) is 11.1 Å². The summed E-state index contributed by atoms with van der Waals surface area (Å²) in [5.74, 6) is -0.800. The molecule has 2 aliphatic rings. The molecule has 3 heterocycles. The summed E-state index contributed by atoms with van der Waals surface area (Å²) in [5, 5.41) is 13.3. The number of fused-ring (bicyclic) bond motifs is 2. The second-order valence-electron chi connectivity index (χ2n) is 7.32. The number of piperidine rings is 1. The monoisotopic (exact) mass is 387 g/mol. The van der Waals surface area contributed by atoms with Gasteiger partial charge in [-0.1, -0.05) is 18.2 Å². The maximum Gasteiger partial charge on any atom is 0.255 e. The van der Waals surface area contributed by atoms with E-state index in [-0.39, 0.29) is 24.0 Å². The van der Waals surface area contributed by atoms with E-state index in [9.17, 15) is 19.5 Å². The van der Waals surface area contributed by atoms with Crippen LogP contribution in [0.25, 0.3) is 22.2 Å². The standard InChI is InChI=1S/C22H17N3O4/c26-19-10-17(23-16-4-2-1-3-15(16)19)12-5-6-14-13(9-12)11-25(22(14)29)18-7-8-20(27)24-21(18)28/h1-6,9-10,18H,7-8,11H2,(H,23,26)(H,24,27,28). The van der Waals surface area contributed by atoms with Crippen molar-refractivity contribution in [2.75, 3.05) is 0 Å². The van der Waals surface area contributed by atoms with Crippen LogP contribution in [-0.2, 0) is 16.1 Å². The lowest BCUT2D eigenvalue weighted by atomic mass is 10.0. The van der Waals surface area contributed by atoms with Gasteiger partial charge in [0.15, 0.2) is 0 Å². The Kier molecular flexibility index (Phi) is 3.84. The Morgan fingerprint density at radius 3 is 2.72 bits per heavy atom. The fourth-order valence-corrected chi connectivity index (χ4v) is 4.04. The number of carbonyl (C=O) groups excluding carboxylic acids is 3. The number of carbonyl (C=O) groups is 3. The molecule has 0 radical (unpaired) electrons. The van der Waals surface area contributed by atoms with Gasteiger partial charge in [-0.05, 0) is 36.2 Å². The number of benzene rings is 2. The van der Waals surface area contributed by atoms with Crippen molar-refractivity contribution in [3.8, 4) is 17.0 Å². The van der Waals surface area contributed by atoms with Crippen LogP contribution in [0, 0.1) is 0 Å². The van der Waals surface area contributed by atoms with Gasteiger partial charge in [0.2, 0.25) is 11.8 Å². The highest BCUT2D eigenvalue weighted by atomic mass is 16.3. The van der Waals surface area contributed by atoms with E-state index in [0.29, 0.717) is 35.1 Å². The maximum atomic E-state index is 12.8. The summed E-state index contributed by atoms with van der Waals surface area (Å²) in [7, 11) is 0. The third kappa shape index (κ3) is 2.82. The van der Waals surface area contributed by atoms with Gasteiger partial charge >= 0.3 is 0 Å². The molecule has 0 aliphatic carbocycles. The first kappa shape index (κ1) is 17.4. The SMILES string of the molecule is O=C1CCC(N2Cc3cc(-c4cc(O)c5ccccc5n4)ccc3C2=O)C(=O)N1. The van der Waals surface area contributed by atoms with E-state index in [1.807, 2.05) is 24.3 Å². The number of imide groups is 1. The van der Waals surface area contributed by atoms with Gasteiger partial charge in [0.1, 0.15) is 11.8 Å². The van der Waals surface area contributed by atoms with Crippen molar-refractivity contribution >= 4 is 28.6 Å². The van der Waals surface area contributed by atoms with Crippen LogP contribution >= 0.6 is 0 Å². The van der Waals surface area contributed by atoms with Gasteiger partial charge in [-0.25, -0.2) is 4.98 Å². The predicted octanol–water partition coefficient (Wildman–Crippen LogP) is 2.37. The van der Waals surface area contributed by atoms with Crippen molar-refractivity contribution < 1.29 is 19.5 Å². The lowest BCUT2D eigenvalue weighted by molar-refractivity contribution is -0.136. The van der Waals surface area contributed by atoms with Gasteiger partial charge in [-0.3, -0.25) is 19.7 Å². The number of rotatable bonds is 2. The zero-order valence-electron chi connectivity index (χ0n) is 15.4. The highest BCUT2D eigenvalue weighted by Gasteiger charge is 2.39. The van der Waals surface area contributed by atoms with Gasteiger partial charge in [-0.15, -0.1) is 0 Å². The zero-order chi connectivity index (χ0) is 20.1. The van der Waals surface area contributed by atoms with E-state index in [2.05, 4.69) is 10.3 Å². The fraction of sp³-hybridized carbons (Fsp3) is 0.182. The Morgan fingerprint density at radius 1 is 1.07 bits per heavy atom. The lowest BCUT2D eigenvalue weighted by Gasteiger charge is -2.29. The predicted molar refractivity (Wildman–Crippen MR) is 105 cm³/mol. The van der Waals surface area contributed by atoms with Crippen molar-refractivity contribution in [2.45, 2.75) is 25.4 Å². The van der Waals surface area contributed by atoms with Crippen molar-refractivity contribution in [1.82, 2.24) is 15.2 Å². The van der Waals surface area contributed by atoms with E-state index in [1.54, 1.807) is 24.3 Å². The minimum atomic E-state index is -0.640. The van der Waals surface area contributed by atoms with Crippen LogP contribution in [0.3, 0.4) is 0 Å². The van der Waals surface area contributed by atoms with E-state index >= 15 is 0 Å². The topological polar surface area (TPSA) is 99.6 Å². The summed E-state index contributed by atoms with van der Waals surface area (Å²) in [6, 6.07) is 13.7. The molecule has 3 aromatic rings. The molecule has 1 saturated heterocycles. The molecule has 0 saturated carbocycles. The number of aromatic hydroxyl groups is 1. The van der Waals surface area contributed by atoms with Crippen LogP contribution in [-0.4, -0.2) is 38.8 Å². The Hall–Kier alpha value is -3.74. The Balaban J connectivity index is 1.49. The molecule has 7 nitrogen and oxygen atoms in total. The fourth-order valence-electron chi connectivity index (χ4n) is 4.04. The minimum Gasteiger partial charge on any atom is -0.507 e. The number of nitrogens with one attached hydrogen (secondary N) is 1. The molecule has 1 unspecified atom stereocenters. The summed E-state index contributed by atoms with van der Waals surface area (Å²) in [6.45, 7) is 0.299. The highest BCUT2D eigenvalue weighted by Crippen LogP contribution is 2.33. The zero-order valence-corrected chi connectivity index (χ0v) is 15.4. The largest absolute Gasteiger partial charge is 0.507 e. The quantitative estimate of drug-likeness (QED) is 0.658. The van der Waals surface area contributed by atoms with Crippen LogP contribution in [0.5, 0.6) is 5.75 Å². The van der Waals surface area contributed by atoms with E-state index in [4.69, 9.17) is 0 Å². The van der Waals surface area contributed by atoms with E-state index < -0.39 is 11.9 Å². The highest BCUT2D eigenvalue weighted by molar-refractivity contribution is 6.05. The van der Waals surface area contributed by atoms with Gasteiger partial charge < -0.3 is 10.0 Å². The third-order valence-electron chi connectivity index (χ3n) is 5.51. The number of hydrogen-bond donors (Lipinski definition) is 2. The molecule has 3 amide bonds. The molecule has 144 valence electrons.